The Balaban J connectivity index is 5.21. The van der Waals surface area contributed by atoms with Crippen molar-refractivity contribution in [2.24, 2.45) is 11.8 Å². The molecule has 3 N–H and O–H groups in total. The number of ether oxygens (including phenoxy) is 4. The van der Waals surface area contributed by atoms with Gasteiger partial charge in [0.15, 0.2) is 12.2 Å². The van der Waals surface area contributed by atoms with Gasteiger partial charge in [-0.2, -0.15) is 0 Å². The second-order valence-corrected chi connectivity index (χ2v) is 33.7. The molecule has 0 fully saturated rings. The van der Waals surface area contributed by atoms with E-state index in [1.807, 2.05) is 0 Å². The van der Waals surface area contributed by atoms with Gasteiger partial charge in [0, 0.05) is 25.7 Å². The number of carbonyl (C=O) groups excluding carboxylic acids is 4. The molecule has 0 aliphatic rings. The van der Waals surface area contributed by atoms with Crippen LogP contribution in [0.2, 0.25) is 0 Å². The van der Waals surface area contributed by atoms with Crippen molar-refractivity contribution >= 4 is 39.5 Å². The molecular weight excluding hydrogens is 1330 g/mol. The van der Waals surface area contributed by atoms with Crippen molar-refractivity contribution in [3.05, 3.63) is 0 Å². The Morgan fingerprint density at radius 1 is 0.265 bits per heavy atom. The summed E-state index contributed by atoms with van der Waals surface area (Å²) in [6, 6.07) is 0. The highest BCUT2D eigenvalue weighted by Gasteiger charge is 2.30. The lowest BCUT2D eigenvalue weighted by atomic mass is 10.0. The lowest BCUT2D eigenvalue weighted by Crippen LogP contribution is -2.30. The largest absolute Gasteiger partial charge is 0.472 e. The van der Waals surface area contributed by atoms with Gasteiger partial charge in [0.05, 0.1) is 26.4 Å². The van der Waals surface area contributed by atoms with Crippen LogP contribution in [0.1, 0.15) is 440 Å². The number of hydrogen-bond donors (Lipinski definition) is 3. The fourth-order valence-corrected chi connectivity index (χ4v) is 14.5. The SMILES string of the molecule is CCCCCCCCCCCCCCCCCCCCCCCCC(=O)O[C@H](COC(=O)CCCCCCCCCCCCCCCCC(C)C)COP(=O)(O)OC[C@@H](O)COP(=O)(O)OC[C@@H](COC(=O)CCCCCCCCCC(C)C)OC(=O)CCCCCCCCCCCCCCC. The van der Waals surface area contributed by atoms with E-state index in [1.54, 1.807) is 0 Å². The van der Waals surface area contributed by atoms with Gasteiger partial charge in [0.2, 0.25) is 0 Å². The van der Waals surface area contributed by atoms with E-state index >= 15 is 0 Å². The number of unbranched alkanes of at least 4 members (excludes halogenated alkanes) is 52. The van der Waals surface area contributed by atoms with Crippen LogP contribution in [-0.2, 0) is 65.4 Å². The predicted molar refractivity (Wildman–Crippen MR) is 418 cm³/mol. The first-order chi connectivity index (χ1) is 49.4. The van der Waals surface area contributed by atoms with Gasteiger partial charge in [0.1, 0.15) is 19.3 Å². The number of esters is 4. The highest BCUT2D eigenvalue weighted by molar-refractivity contribution is 7.47. The molecule has 17 nitrogen and oxygen atoms in total. The smallest absolute Gasteiger partial charge is 0.462 e. The zero-order chi connectivity index (χ0) is 74.9. The van der Waals surface area contributed by atoms with Gasteiger partial charge >= 0.3 is 39.5 Å². The fraction of sp³-hybridized carbons (Fsp3) is 0.952. The number of aliphatic hydroxyl groups is 1. The highest BCUT2D eigenvalue weighted by atomic mass is 31.2. The molecule has 606 valence electrons. The predicted octanol–water partition coefficient (Wildman–Crippen LogP) is 25.1. The lowest BCUT2D eigenvalue weighted by Gasteiger charge is -2.21. The molecule has 0 bridgehead atoms. The normalized spacial score (nSPS) is 13.9. The van der Waals surface area contributed by atoms with Crippen LogP contribution < -0.4 is 0 Å². The Kier molecular flexibility index (Phi) is 73.1. The number of carbonyl (C=O) groups is 4. The maximum atomic E-state index is 13.1. The van der Waals surface area contributed by atoms with Crippen molar-refractivity contribution in [1.82, 2.24) is 0 Å². The first-order valence-electron chi connectivity index (χ1n) is 43.0. The van der Waals surface area contributed by atoms with Crippen LogP contribution in [0.25, 0.3) is 0 Å². The van der Waals surface area contributed by atoms with Gasteiger partial charge in [0.25, 0.3) is 0 Å². The first-order valence-corrected chi connectivity index (χ1v) is 46.0. The summed E-state index contributed by atoms with van der Waals surface area (Å²) in [5.41, 5.74) is 0. The molecule has 0 saturated carbocycles. The summed E-state index contributed by atoms with van der Waals surface area (Å²) in [5.74, 6) is -0.603. The van der Waals surface area contributed by atoms with E-state index in [9.17, 15) is 43.2 Å². The van der Waals surface area contributed by atoms with Crippen LogP contribution in [0.5, 0.6) is 0 Å². The molecule has 0 aliphatic heterocycles. The summed E-state index contributed by atoms with van der Waals surface area (Å²) in [6.07, 6.45) is 65.4. The topological polar surface area (TPSA) is 237 Å². The average Bonchev–Trinajstić information content (AvgIpc) is 0.909. The molecule has 19 heteroatoms. The average molecular weight is 1490 g/mol. The fourth-order valence-electron chi connectivity index (χ4n) is 12.9. The molecule has 5 atom stereocenters. The van der Waals surface area contributed by atoms with Crippen molar-refractivity contribution in [1.29, 1.82) is 0 Å². The third-order valence-corrected chi connectivity index (χ3v) is 21.4. The van der Waals surface area contributed by atoms with Gasteiger partial charge in [-0.15, -0.1) is 0 Å². The van der Waals surface area contributed by atoms with E-state index in [2.05, 4.69) is 41.5 Å². The molecular formula is C83H162O17P2. The Bertz CT molecular complexity index is 1960. The number of rotatable bonds is 82. The molecule has 0 aliphatic carbocycles. The Labute approximate surface area is 626 Å². The Morgan fingerprint density at radius 3 is 0.667 bits per heavy atom. The molecule has 0 radical (unpaired) electrons. The second-order valence-electron chi connectivity index (χ2n) is 30.8. The van der Waals surface area contributed by atoms with E-state index in [1.165, 1.54) is 250 Å². The molecule has 0 aromatic heterocycles. The van der Waals surface area contributed by atoms with Gasteiger partial charge in [-0.1, -0.05) is 388 Å². The number of phosphoric acid groups is 2. The van der Waals surface area contributed by atoms with E-state index in [0.29, 0.717) is 31.6 Å². The molecule has 0 saturated heterocycles. The van der Waals surface area contributed by atoms with Crippen molar-refractivity contribution in [2.45, 2.75) is 458 Å². The van der Waals surface area contributed by atoms with E-state index in [4.69, 9.17) is 37.0 Å². The van der Waals surface area contributed by atoms with Crippen LogP contribution >= 0.6 is 15.6 Å². The zero-order valence-corrected chi connectivity index (χ0v) is 68.7. The minimum Gasteiger partial charge on any atom is -0.462 e. The second kappa shape index (κ2) is 74.5. The lowest BCUT2D eigenvalue weighted by molar-refractivity contribution is -0.161. The molecule has 0 heterocycles. The number of hydrogen-bond acceptors (Lipinski definition) is 15. The summed E-state index contributed by atoms with van der Waals surface area (Å²) in [4.78, 5) is 73.1. The number of phosphoric ester groups is 2. The van der Waals surface area contributed by atoms with E-state index < -0.39 is 97.5 Å². The van der Waals surface area contributed by atoms with Crippen molar-refractivity contribution in [3.63, 3.8) is 0 Å². The summed E-state index contributed by atoms with van der Waals surface area (Å²) in [7, 11) is -9.92. The van der Waals surface area contributed by atoms with E-state index in [-0.39, 0.29) is 25.7 Å². The van der Waals surface area contributed by atoms with Crippen LogP contribution in [-0.4, -0.2) is 96.7 Å². The molecule has 0 aromatic carbocycles. The molecule has 0 spiro atoms. The monoisotopic (exact) mass is 1490 g/mol. The number of aliphatic hydroxyl groups excluding tert-OH is 1. The highest BCUT2D eigenvalue weighted by Crippen LogP contribution is 2.45. The minimum atomic E-state index is -4.96. The van der Waals surface area contributed by atoms with Gasteiger partial charge in [-0.05, 0) is 37.5 Å². The van der Waals surface area contributed by atoms with Gasteiger partial charge < -0.3 is 33.8 Å². The van der Waals surface area contributed by atoms with Crippen molar-refractivity contribution in [2.75, 3.05) is 39.6 Å². The first kappa shape index (κ1) is 100. The van der Waals surface area contributed by atoms with Crippen LogP contribution in [0.3, 0.4) is 0 Å². The van der Waals surface area contributed by atoms with Gasteiger partial charge in [-0.3, -0.25) is 37.3 Å². The van der Waals surface area contributed by atoms with Crippen LogP contribution in [0.15, 0.2) is 0 Å². The van der Waals surface area contributed by atoms with Crippen LogP contribution in [0, 0.1) is 11.8 Å². The quantitative estimate of drug-likeness (QED) is 0.0222. The molecule has 0 aromatic rings. The Hall–Kier alpha value is -1.94. The van der Waals surface area contributed by atoms with Crippen molar-refractivity contribution in [3.8, 4) is 0 Å². The zero-order valence-electron chi connectivity index (χ0n) is 66.9. The minimum absolute atomic E-state index is 0.107. The third kappa shape index (κ3) is 76.3. The van der Waals surface area contributed by atoms with Crippen molar-refractivity contribution < 1.29 is 80.2 Å². The summed E-state index contributed by atoms with van der Waals surface area (Å²) in [6.45, 7) is 9.61. The van der Waals surface area contributed by atoms with Gasteiger partial charge in [-0.25, -0.2) is 9.13 Å². The maximum Gasteiger partial charge on any atom is 0.472 e. The molecule has 0 rings (SSSR count). The van der Waals surface area contributed by atoms with E-state index in [0.717, 1.165) is 102 Å². The molecule has 102 heavy (non-hydrogen) atoms. The summed E-state index contributed by atoms with van der Waals surface area (Å²) < 4.78 is 68.7. The summed E-state index contributed by atoms with van der Waals surface area (Å²) >= 11 is 0. The Morgan fingerprint density at radius 2 is 0.451 bits per heavy atom. The standard InChI is InChI=1S/C83H162O17P2/c1-7-9-11-13-15-17-19-21-22-23-24-25-26-27-28-29-35-39-43-49-56-62-68-83(88)99-78(71-93-80(85)65-59-53-47-41-37-34-31-30-33-36-40-45-51-57-63-75(3)4)73-97-101(89,90)95-69-77(84)70-96-102(91,92)98-74-79(72-94-81(86)66-60-54-50-44-46-52-58-64-76(5)6)100-82(87)67-61-55-48-42-38-32-20-18-16-14-12-10-8-2/h75-79,84H,7-74H2,1-6H3,(H,89,90)(H,91,92)/t77-,78-,79-/m1/s1. The van der Waals surface area contributed by atoms with Crippen LogP contribution in [0.4, 0.5) is 0 Å². The third-order valence-electron chi connectivity index (χ3n) is 19.5. The maximum absolute atomic E-state index is 13.1. The molecule has 0 amide bonds. The summed E-state index contributed by atoms with van der Waals surface area (Å²) in [5, 5.41) is 10.6. The molecule has 2 unspecified atom stereocenters.